The molecule has 164 valence electrons. The molecule has 0 N–H and O–H groups in total. The van der Waals surface area contributed by atoms with Gasteiger partial charge in [0.15, 0.2) is 11.5 Å². The summed E-state index contributed by atoms with van der Waals surface area (Å²) < 4.78 is 17.9. The van der Waals surface area contributed by atoms with Crippen LogP contribution in [0.5, 0.6) is 11.5 Å². The number of aromatic nitrogens is 3. The fourth-order valence-electron chi connectivity index (χ4n) is 3.51. The first-order valence-electron chi connectivity index (χ1n) is 10.2. The van der Waals surface area contributed by atoms with Crippen LogP contribution in [0.3, 0.4) is 0 Å². The lowest BCUT2D eigenvalue weighted by molar-refractivity contribution is -0.119. The highest BCUT2D eigenvalue weighted by Crippen LogP contribution is 2.32. The van der Waals surface area contributed by atoms with E-state index in [0.717, 1.165) is 11.3 Å². The zero-order valence-corrected chi connectivity index (χ0v) is 18.2. The Bertz CT molecular complexity index is 1200. The van der Waals surface area contributed by atoms with E-state index in [0.29, 0.717) is 35.5 Å². The van der Waals surface area contributed by atoms with Crippen molar-refractivity contribution in [3.8, 4) is 34.5 Å². The zero-order chi connectivity index (χ0) is 22.5. The van der Waals surface area contributed by atoms with Crippen molar-refractivity contribution in [2.24, 2.45) is 0 Å². The minimum Gasteiger partial charge on any atom is -0.493 e. The first-order chi connectivity index (χ1) is 15.6. The van der Waals surface area contributed by atoms with E-state index in [-0.39, 0.29) is 12.5 Å². The van der Waals surface area contributed by atoms with Crippen molar-refractivity contribution in [1.82, 2.24) is 14.7 Å². The average Bonchev–Trinajstić information content (AvgIpc) is 3.49. The Morgan fingerprint density at radius 2 is 1.81 bits per heavy atom. The number of hydrogen-bond acceptors (Lipinski definition) is 6. The van der Waals surface area contributed by atoms with E-state index in [2.05, 4.69) is 10.1 Å². The van der Waals surface area contributed by atoms with E-state index >= 15 is 0 Å². The van der Waals surface area contributed by atoms with Gasteiger partial charge in [-0.25, -0.2) is 0 Å². The van der Waals surface area contributed by atoms with Crippen molar-refractivity contribution >= 4 is 11.6 Å². The minimum atomic E-state index is -0.0317. The summed E-state index contributed by atoms with van der Waals surface area (Å²) in [7, 11) is 3.15. The van der Waals surface area contributed by atoms with Crippen LogP contribution in [0.1, 0.15) is 6.92 Å². The molecule has 4 aromatic rings. The van der Waals surface area contributed by atoms with Crippen LogP contribution >= 0.6 is 0 Å². The average molecular weight is 432 g/mol. The second-order valence-corrected chi connectivity index (χ2v) is 6.99. The van der Waals surface area contributed by atoms with Crippen LogP contribution in [0, 0.1) is 0 Å². The monoisotopic (exact) mass is 432 g/mol. The summed E-state index contributed by atoms with van der Waals surface area (Å²) >= 11 is 0. The SMILES string of the molecule is CCN(C(=O)Cn1cccc1-c1nc(-c2ccc(OC)c(OC)c2)no1)c1ccccc1. The van der Waals surface area contributed by atoms with E-state index in [9.17, 15) is 4.79 Å². The van der Waals surface area contributed by atoms with Crippen LogP contribution < -0.4 is 14.4 Å². The molecule has 0 bridgehead atoms. The van der Waals surface area contributed by atoms with Gasteiger partial charge in [0.05, 0.1) is 14.2 Å². The van der Waals surface area contributed by atoms with Gasteiger partial charge in [-0.2, -0.15) is 4.98 Å². The lowest BCUT2D eigenvalue weighted by atomic mass is 10.2. The van der Waals surface area contributed by atoms with Crippen LogP contribution in [0.15, 0.2) is 71.4 Å². The summed E-state index contributed by atoms with van der Waals surface area (Å²) in [5, 5.41) is 4.10. The molecule has 0 fully saturated rings. The van der Waals surface area contributed by atoms with Gasteiger partial charge >= 0.3 is 0 Å². The fraction of sp³-hybridized carbons (Fsp3) is 0.208. The van der Waals surface area contributed by atoms with Gasteiger partial charge in [0.25, 0.3) is 5.89 Å². The van der Waals surface area contributed by atoms with Crippen molar-refractivity contribution in [1.29, 1.82) is 0 Å². The molecule has 4 rings (SSSR count). The van der Waals surface area contributed by atoms with Gasteiger partial charge in [0, 0.05) is 24.0 Å². The number of rotatable bonds is 8. The maximum absolute atomic E-state index is 13.0. The van der Waals surface area contributed by atoms with Gasteiger partial charge in [0.1, 0.15) is 12.2 Å². The quantitative estimate of drug-likeness (QED) is 0.413. The minimum absolute atomic E-state index is 0.0317. The molecule has 0 aliphatic rings. The maximum atomic E-state index is 13.0. The number of benzene rings is 2. The predicted octanol–water partition coefficient (Wildman–Crippen LogP) is 4.28. The van der Waals surface area contributed by atoms with Crippen LogP contribution in [-0.4, -0.2) is 41.4 Å². The summed E-state index contributed by atoms with van der Waals surface area (Å²) in [5.74, 6) is 1.91. The van der Waals surface area contributed by atoms with Crippen LogP contribution in [-0.2, 0) is 11.3 Å². The second-order valence-electron chi connectivity index (χ2n) is 6.99. The molecule has 1 amide bonds. The Morgan fingerprint density at radius 3 is 2.53 bits per heavy atom. The van der Waals surface area contributed by atoms with Crippen LogP contribution in [0.2, 0.25) is 0 Å². The van der Waals surface area contributed by atoms with Gasteiger partial charge in [0.2, 0.25) is 11.7 Å². The number of amides is 1. The van der Waals surface area contributed by atoms with Crippen molar-refractivity contribution in [2.45, 2.75) is 13.5 Å². The lowest BCUT2D eigenvalue weighted by Crippen LogP contribution is -2.33. The highest BCUT2D eigenvalue weighted by atomic mass is 16.5. The third-order valence-electron chi connectivity index (χ3n) is 5.11. The molecule has 0 aliphatic carbocycles. The van der Waals surface area contributed by atoms with E-state index in [1.807, 2.05) is 61.7 Å². The summed E-state index contributed by atoms with van der Waals surface area (Å²) in [6, 6.07) is 18.7. The van der Waals surface area contributed by atoms with Gasteiger partial charge < -0.3 is 23.5 Å². The van der Waals surface area contributed by atoms with Crippen molar-refractivity contribution in [3.05, 3.63) is 66.9 Å². The summed E-state index contributed by atoms with van der Waals surface area (Å²) in [4.78, 5) is 19.3. The smallest absolute Gasteiger partial charge is 0.274 e. The first-order valence-corrected chi connectivity index (χ1v) is 10.2. The summed E-state index contributed by atoms with van der Waals surface area (Å²) in [6.45, 7) is 2.68. The number of para-hydroxylation sites is 1. The van der Waals surface area contributed by atoms with E-state index in [1.165, 1.54) is 0 Å². The van der Waals surface area contributed by atoms with E-state index < -0.39 is 0 Å². The third-order valence-corrected chi connectivity index (χ3v) is 5.11. The highest BCUT2D eigenvalue weighted by Gasteiger charge is 2.19. The molecule has 0 aliphatic heterocycles. The molecule has 0 atom stereocenters. The number of carbonyl (C=O) groups is 1. The molecule has 0 saturated carbocycles. The Morgan fingerprint density at radius 1 is 1.03 bits per heavy atom. The number of carbonyl (C=O) groups excluding carboxylic acids is 1. The third kappa shape index (κ3) is 4.20. The number of hydrogen-bond donors (Lipinski definition) is 0. The Kier molecular flexibility index (Phi) is 6.21. The molecule has 0 spiro atoms. The molecule has 2 aromatic heterocycles. The number of likely N-dealkylation sites (N-methyl/N-ethyl adjacent to an activating group) is 1. The van der Waals surface area contributed by atoms with Crippen LogP contribution in [0.4, 0.5) is 5.69 Å². The summed E-state index contributed by atoms with van der Waals surface area (Å²) in [6.07, 6.45) is 1.83. The van der Waals surface area contributed by atoms with E-state index in [4.69, 9.17) is 14.0 Å². The highest BCUT2D eigenvalue weighted by molar-refractivity contribution is 5.93. The predicted molar refractivity (Wildman–Crippen MR) is 121 cm³/mol. The summed E-state index contributed by atoms with van der Waals surface area (Å²) in [5.41, 5.74) is 2.26. The van der Waals surface area contributed by atoms with Gasteiger partial charge in [-0.05, 0) is 49.4 Å². The molecule has 8 heteroatoms. The molecule has 0 saturated heterocycles. The molecule has 32 heavy (non-hydrogen) atoms. The number of ether oxygens (including phenoxy) is 2. The molecule has 2 heterocycles. The van der Waals surface area contributed by atoms with E-state index in [1.54, 1.807) is 35.8 Å². The Balaban J connectivity index is 1.57. The topological polar surface area (TPSA) is 82.6 Å². The zero-order valence-electron chi connectivity index (χ0n) is 18.2. The molecule has 0 unspecified atom stereocenters. The Hall–Kier alpha value is -4.07. The standard InChI is InChI=1S/C24H24N4O4/c1-4-28(18-9-6-5-7-10-18)22(29)16-27-14-8-11-19(27)24-25-23(26-32-24)17-12-13-20(30-2)21(15-17)31-3/h5-15H,4,16H2,1-3H3. The number of nitrogens with zero attached hydrogens (tertiary/aromatic N) is 4. The first kappa shape index (κ1) is 21.2. The van der Waals surface area contributed by atoms with Gasteiger partial charge in [-0.3, -0.25) is 4.79 Å². The molecule has 0 radical (unpaired) electrons. The van der Waals surface area contributed by atoms with Crippen molar-refractivity contribution in [3.63, 3.8) is 0 Å². The molecule has 2 aromatic carbocycles. The fourth-order valence-corrected chi connectivity index (χ4v) is 3.51. The molecular formula is C24H24N4O4. The molecular weight excluding hydrogens is 408 g/mol. The lowest BCUT2D eigenvalue weighted by Gasteiger charge is -2.21. The van der Waals surface area contributed by atoms with Gasteiger partial charge in [-0.15, -0.1) is 0 Å². The van der Waals surface area contributed by atoms with Gasteiger partial charge in [-0.1, -0.05) is 23.4 Å². The Labute approximate surface area is 186 Å². The molecule has 8 nitrogen and oxygen atoms in total. The normalized spacial score (nSPS) is 10.7. The second kappa shape index (κ2) is 9.38. The maximum Gasteiger partial charge on any atom is 0.274 e. The number of methoxy groups -OCH3 is 2. The van der Waals surface area contributed by atoms with Crippen molar-refractivity contribution in [2.75, 3.05) is 25.7 Å². The largest absolute Gasteiger partial charge is 0.493 e. The number of anilines is 1. The van der Waals surface area contributed by atoms with Crippen LogP contribution in [0.25, 0.3) is 23.0 Å². The van der Waals surface area contributed by atoms with Crippen molar-refractivity contribution < 1.29 is 18.8 Å².